The molecule has 0 heteroatoms. The zero-order chi connectivity index (χ0) is 21.1. The minimum Gasteiger partial charge on any atom is -0.0885 e. The first-order chi connectivity index (χ1) is 14.9. The number of unbranched alkanes of at least 4 members (excludes halogenated alkanes) is 14. The van der Waals surface area contributed by atoms with E-state index >= 15 is 0 Å². The summed E-state index contributed by atoms with van der Waals surface area (Å²) in [5.41, 5.74) is 1.53. The third-order valence-electron chi connectivity index (χ3n) is 6.34. The highest BCUT2D eigenvalue weighted by Gasteiger charge is 2.00. The number of rotatable bonds is 18. The lowest BCUT2D eigenvalue weighted by Crippen LogP contribution is -1.88. The van der Waals surface area contributed by atoms with Crippen LogP contribution in [0, 0.1) is 0 Å². The number of fused-ring (bicyclic) bond motifs is 1. The Morgan fingerprint density at radius 1 is 0.533 bits per heavy atom. The van der Waals surface area contributed by atoms with E-state index in [1.54, 1.807) is 0 Å². The van der Waals surface area contributed by atoms with Crippen molar-refractivity contribution in [2.24, 2.45) is 0 Å². The third-order valence-corrected chi connectivity index (χ3v) is 6.34. The molecule has 0 aliphatic heterocycles. The molecule has 0 aliphatic rings. The van der Waals surface area contributed by atoms with Crippen molar-refractivity contribution in [3.8, 4) is 0 Å². The quantitative estimate of drug-likeness (QED) is 0.170. The Bertz CT molecular complexity index is 676. The van der Waals surface area contributed by atoms with E-state index in [0.717, 1.165) is 0 Å². The molecule has 0 aromatic heterocycles. The molecule has 0 saturated heterocycles. The first-order valence-electron chi connectivity index (χ1n) is 13.0. The predicted octanol–water partition coefficient (Wildman–Crippen LogP) is 10.2. The van der Waals surface area contributed by atoms with Crippen LogP contribution >= 0.6 is 0 Å². The van der Waals surface area contributed by atoms with Crippen LogP contribution in [0.4, 0.5) is 0 Å². The molecular weight excluding hydrogens is 360 g/mol. The van der Waals surface area contributed by atoms with E-state index in [9.17, 15) is 0 Å². The maximum Gasteiger partial charge on any atom is -0.0152 e. The molecule has 2 rings (SSSR count). The molecule has 0 aliphatic carbocycles. The Labute approximate surface area is 187 Å². The number of hydrogen-bond donors (Lipinski definition) is 0. The van der Waals surface area contributed by atoms with Gasteiger partial charge >= 0.3 is 0 Å². The first kappa shape index (κ1) is 24.7. The maximum absolute atomic E-state index is 2.41. The maximum atomic E-state index is 2.41. The summed E-state index contributed by atoms with van der Waals surface area (Å²) in [6, 6.07) is 15.6. The third kappa shape index (κ3) is 11.0. The Balaban J connectivity index is 1.35. The average molecular weight is 407 g/mol. The highest BCUT2D eigenvalue weighted by Crippen LogP contribution is 2.21. The Hall–Kier alpha value is -1.56. The molecule has 0 heterocycles. The lowest BCUT2D eigenvalue weighted by molar-refractivity contribution is 0.546. The van der Waals surface area contributed by atoms with E-state index in [-0.39, 0.29) is 0 Å². The highest BCUT2D eigenvalue weighted by molar-refractivity contribution is 5.85. The fourth-order valence-corrected chi connectivity index (χ4v) is 4.43. The zero-order valence-corrected chi connectivity index (χ0v) is 19.7. The fraction of sp³-hybridized carbons (Fsp3) is 0.600. The monoisotopic (exact) mass is 406 g/mol. The van der Waals surface area contributed by atoms with Crippen LogP contribution in [0.15, 0.2) is 54.6 Å². The summed E-state index contributed by atoms with van der Waals surface area (Å²) < 4.78 is 0. The van der Waals surface area contributed by atoms with Crippen LogP contribution in [0.1, 0.15) is 115 Å². The van der Waals surface area contributed by atoms with Gasteiger partial charge in [0.15, 0.2) is 0 Å². The van der Waals surface area contributed by atoms with Gasteiger partial charge in [-0.3, -0.25) is 0 Å². The zero-order valence-electron chi connectivity index (χ0n) is 19.7. The molecule has 0 saturated carbocycles. The normalized spacial score (nSPS) is 11.6. The van der Waals surface area contributed by atoms with Gasteiger partial charge in [0.2, 0.25) is 0 Å². The minimum atomic E-state index is 1.23. The van der Waals surface area contributed by atoms with E-state index in [2.05, 4.69) is 61.5 Å². The SMILES string of the molecule is CCCCC/C=C/CCCCCCCCCCCCCc1cccc2ccccc12. The molecule has 2 aromatic rings. The van der Waals surface area contributed by atoms with Gasteiger partial charge in [-0.2, -0.15) is 0 Å². The summed E-state index contributed by atoms with van der Waals surface area (Å²) >= 11 is 0. The van der Waals surface area contributed by atoms with Crippen LogP contribution in [0.5, 0.6) is 0 Å². The summed E-state index contributed by atoms with van der Waals surface area (Å²) in [7, 11) is 0. The number of hydrogen-bond acceptors (Lipinski definition) is 0. The van der Waals surface area contributed by atoms with Crippen LogP contribution < -0.4 is 0 Å². The fourth-order valence-electron chi connectivity index (χ4n) is 4.43. The van der Waals surface area contributed by atoms with Gasteiger partial charge in [-0.1, -0.05) is 132 Å². The molecular formula is C30H46. The molecule has 0 amide bonds. The predicted molar refractivity (Wildman–Crippen MR) is 136 cm³/mol. The largest absolute Gasteiger partial charge is 0.0885 e. The summed E-state index contributed by atoms with van der Waals surface area (Å²) in [4.78, 5) is 0. The molecule has 2 aromatic carbocycles. The Kier molecular flexibility index (Phi) is 14.1. The van der Waals surface area contributed by atoms with Crippen LogP contribution in [-0.4, -0.2) is 0 Å². The standard InChI is InChI=1S/C30H46/c1-2-3-4-5-6-7-8-9-10-11-12-13-14-15-16-17-18-19-23-28-25-22-26-29-24-20-21-27-30(28)29/h6-7,20-22,24-27H,2-5,8-19,23H2,1H3/b7-6+. The molecule has 0 N–H and O–H groups in total. The van der Waals surface area contributed by atoms with Crippen molar-refractivity contribution in [3.63, 3.8) is 0 Å². The van der Waals surface area contributed by atoms with Crippen molar-refractivity contribution in [2.45, 2.75) is 116 Å². The second-order valence-electron chi connectivity index (χ2n) is 9.03. The van der Waals surface area contributed by atoms with E-state index in [0.29, 0.717) is 0 Å². The highest BCUT2D eigenvalue weighted by atomic mass is 14.1. The second-order valence-corrected chi connectivity index (χ2v) is 9.03. The molecule has 0 unspecified atom stereocenters. The van der Waals surface area contributed by atoms with Crippen LogP contribution in [0.25, 0.3) is 10.8 Å². The summed E-state index contributed by atoms with van der Waals surface area (Å²) in [6.07, 6.45) is 28.3. The van der Waals surface area contributed by atoms with Crippen LogP contribution in [0.3, 0.4) is 0 Å². The van der Waals surface area contributed by atoms with Crippen molar-refractivity contribution in [1.82, 2.24) is 0 Å². The number of benzene rings is 2. The van der Waals surface area contributed by atoms with Gasteiger partial charge in [-0.15, -0.1) is 0 Å². The molecule has 30 heavy (non-hydrogen) atoms. The smallest absolute Gasteiger partial charge is 0.0152 e. The van der Waals surface area contributed by atoms with Gasteiger partial charge in [0, 0.05) is 0 Å². The molecule has 0 radical (unpaired) electrons. The molecule has 0 nitrogen and oxygen atoms in total. The van der Waals surface area contributed by atoms with Crippen molar-refractivity contribution >= 4 is 10.8 Å². The minimum absolute atomic E-state index is 1.23. The van der Waals surface area contributed by atoms with E-state index in [4.69, 9.17) is 0 Å². The van der Waals surface area contributed by atoms with E-state index in [1.165, 1.54) is 125 Å². The topological polar surface area (TPSA) is 0 Å². The van der Waals surface area contributed by atoms with Gasteiger partial charge in [-0.05, 0) is 54.9 Å². The molecule has 0 bridgehead atoms. The Morgan fingerprint density at radius 3 is 1.73 bits per heavy atom. The Morgan fingerprint density at radius 2 is 1.07 bits per heavy atom. The molecule has 0 spiro atoms. The van der Waals surface area contributed by atoms with E-state index < -0.39 is 0 Å². The first-order valence-corrected chi connectivity index (χ1v) is 13.0. The second kappa shape index (κ2) is 17.2. The molecule has 0 atom stereocenters. The lowest BCUT2D eigenvalue weighted by atomic mass is 9.99. The molecule has 166 valence electrons. The summed E-state index contributed by atoms with van der Waals surface area (Å²) in [5.74, 6) is 0. The van der Waals surface area contributed by atoms with Gasteiger partial charge in [0.05, 0.1) is 0 Å². The van der Waals surface area contributed by atoms with Crippen molar-refractivity contribution in [1.29, 1.82) is 0 Å². The van der Waals surface area contributed by atoms with Crippen molar-refractivity contribution in [2.75, 3.05) is 0 Å². The summed E-state index contributed by atoms with van der Waals surface area (Å²) in [6.45, 7) is 2.28. The molecule has 0 fully saturated rings. The van der Waals surface area contributed by atoms with Gasteiger partial charge in [0.1, 0.15) is 0 Å². The van der Waals surface area contributed by atoms with Crippen LogP contribution in [0.2, 0.25) is 0 Å². The van der Waals surface area contributed by atoms with Crippen molar-refractivity contribution in [3.05, 3.63) is 60.2 Å². The number of aryl methyl sites for hydroxylation is 1. The van der Waals surface area contributed by atoms with Crippen LogP contribution in [-0.2, 0) is 6.42 Å². The van der Waals surface area contributed by atoms with E-state index in [1.807, 2.05) is 0 Å². The van der Waals surface area contributed by atoms with Gasteiger partial charge in [-0.25, -0.2) is 0 Å². The average Bonchev–Trinajstić information content (AvgIpc) is 2.78. The van der Waals surface area contributed by atoms with Gasteiger partial charge in [0.25, 0.3) is 0 Å². The summed E-state index contributed by atoms with van der Waals surface area (Å²) in [5, 5.41) is 2.83. The van der Waals surface area contributed by atoms with Gasteiger partial charge < -0.3 is 0 Å². The lowest BCUT2D eigenvalue weighted by Gasteiger charge is -2.07. The van der Waals surface area contributed by atoms with Crippen molar-refractivity contribution < 1.29 is 0 Å². The number of allylic oxidation sites excluding steroid dienone is 2.